The van der Waals surface area contributed by atoms with E-state index in [0.717, 1.165) is 16.7 Å². The Bertz CT molecular complexity index is 1380. The number of benzene rings is 2. The highest BCUT2D eigenvalue weighted by molar-refractivity contribution is 6.01. The summed E-state index contributed by atoms with van der Waals surface area (Å²) in [6.45, 7) is 4.42. The highest BCUT2D eigenvalue weighted by atomic mass is 19.3. The molecular weight excluding hydrogens is 468 g/mol. The second-order valence-electron chi connectivity index (χ2n) is 9.15. The van der Waals surface area contributed by atoms with Gasteiger partial charge in [0.1, 0.15) is 5.82 Å². The van der Waals surface area contributed by atoms with E-state index in [1.807, 2.05) is 32.0 Å². The number of halogens is 2. The van der Waals surface area contributed by atoms with Crippen LogP contribution in [0.1, 0.15) is 42.7 Å². The van der Waals surface area contributed by atoms with Crippen molar-refractivity contribution < 1.29 is 29.3 Å². The fourth-order valence-electron chi connectivity index (χ4n) is 4.34. The average Bonchev–Trinajstić information content (AvgIpc) is 3.61. The van der Waals surface area contributed by atoms with E-state index in [2.05, 4.69) is 19.8 Å². The largest absolute Gasteiger partial charge is 0.586 e. The third kappa shape index (κ3) is 4.25. The lowest BCUT2D eigenvalue weighted by Crippen LogP contribution is -2.28. The zero-order valence-corrected chi connectivity index (χ0v) is 20.1. The third-order valence-corrected chi connectivity index (χ3v) is 6.72. The molecule has 2 aliphatic rings. The summed E-state index contributed by atoms with van der Waals surface area (Å²) in [4.78, 5) is 31.9. The number of nitrogens with zero attached hydrogens (tertiary/aromatic N) is 2. The van der Waals surface area contributed by atoms with Crippen LogP contribution in [0.5, 0.6) is 11.5 Å². The second-order valence-corrected chi connectivity index (χ2v) is 9.15. The second kappa shape index (κ2) is 8.58. The molecule has 1 aromatic heterocycles. The molecule has 0 bridgehead atoms. The van der Waals surface area contributed by atoms with Crippen LogP contribution < -0.4 is 14.8 Å². The first kappa shape index (κ1) is 23.7. The number of aryl methyl sites for hydroxylation is 1. The summed E-state index contributed by atoms with van der Waals surface area (Å²) < 4.78 is 35.8. The van der Waals surface area contributed by atoms with Crippen LogP contribution >= 0.6 is 0 Å². The Morgan fingerprint density at radius 2 is 1.86 bits per heavy atom. The van der Waals surface area contributed by atoms with Crippen LogP contribution in [0.4, 0.5) is 14.6 Å². The van der Waals surface area contributed by atoms with Crippen molar-refractivity contribution in [1.29, 1.82) is 0 Å². The number of alkyl halides is 2. The van der Waals surface area contributed by atoms with Crippen LogP contribution in [0.3, 0.4) is 0 Å². The Labute approximate surface area is 208 Å². The number of ether oxygens (including phenoxy) is 2. The number of nitrogens with one attached hydrogen (secondary N) is 1. The molecule has 0 radical (unpaired) electrons. The molecule has 188 valence electrons. The van der Waals surface area contributed by atoms with Crippen LogP contribution in [-0.2, 0) is 10.2 Å². The monoisotopic (exact) mass is 495 g/mol. The maximum absolute atomic E-state index is 13.4. The zero-order valence-electron chi connectivity index (χ0n) is 20.1. The number of hydrogen-bond acceptors (Lipinski definition) is 5. The van der Waals surface area contributed by atoms with Gasteiger partial charge in [-0.25, -0.2) is 4.98 Å². The molecule has 7 nitrogen and oxygen atoms in total. The lowest BCUT2D eigenvalue weighted by atomic mass is 9.94. The SMILES string of the molecule is CCN(C)C(=O)c1cccc(-c2cc(NC(=O)C3(c4ccc5c(c4)OC(F)(F)O5)CC3)ncc2C)c1.[HH]. The van der Waals surface area contributed by atoms with Crippen LogP contribution in [0, 0.1) is 6.92 Å². The lowest BCUT2D eigenvalue weighted by molar-refractivity contribution is -0.286. The molecule has 9 heteroatoms. The average molecular weight is 496 g/mol. The third-order valence-electron chi connectivity index (χ3n) is 6.72. The van der Waals surface area contributed by atoms with E-state index in [-0.39, 0.29) is 24.7 Å². The smallest absolute Gasteiger partial charge is 0.395 e. The van der Waals surface area contributed by atoms with Crippen LogP contribution in [0.15, 0.2) is 54.7 Å². The maximum Gasteiger partial charge on any atom is 0.586 e. The summed E-state index contributed by atoms with van der Waals surface area (Å²) >= 11 is 0. The Hall–Kier alpha value is -4.01. The van der Waals surface area contributed by atoms with E-state index in [1.165, 1.54) is 12.1 Å². The Balaban J connectivity index is 0.00000320. The van der Waals surface area contributed by atoms with Crippen molar-refractivity contribution in [2.24, 2.45) is 0 Å². The fraction of sp³-hybridized carbons (Fsp3) is 0.296. The number of carbonyl (C=O) groups is 2. The van der Waals surface area contributed by atoms with Crippen molar-refractivity contribution in [1.82, 2.24) is 9.88 Å². The van der Waals surface area contributed by atoms with Gasteiger partial charge in [0.25, 0.3) is 5.91 Å². The first-order chi connectivity index (χ1) is 17.1. The minimum Gasteiger partial charge on any atom is -0.395 e. The number of amides is 2. The van der Waals surface area contributed by atoms with E-state index >= 15 is 0 Å². The lowest BCUT2D eigenvalue weighted by Gasteiger charge is -2.17. The Kier molecular flexibility index (Phi) is 5.65. The van der Waals surface area contributed by atoms with Gasteiger partial charge in [0, 0.05) is 26.8 Å². The molecule has 2 amide bonds. The van der Waals surface area contributed by atoms with Gasteiger partial charge in [0.05, 0.1) is 5.41 Å². The quantitative estimate of drug-likeness (QED) is 0.496. The van der Waals surface area contributed by atoms with Gasteiger partial charge < -0.3 is 19.7 Å². The molecule has 0 saturated heterocycles. The van der Waals surface area contributed by atoms with Gasteiger partial charge in [-0.3, -0.25) is 9.59 Å². The molecule has 1 fully saturated rings. The van der Waals surface area contributed by atoms with E-state index in [4.69, 9.17) is 0 Å². The number of pyridine rings is 1. The van der Waals surface area contributed by atoms with Crippen molar-refractivity contribution >= 4 is 17.6 Å². The van der Waals surface area contributed by atoms with Gasteiger partial charge in [-0.2, -0.15) is 0 Å². The van der Waals surface area contributed by atoms with Crippen molar-refractivity contribution in [2.45, 2.75) is 38.4 Å². The molecule has 2 aromatic carbocycles. The molecule has 5 rings (SSSR count). The van der Waals surface area contributed by atoms with Gasteiger partial charge in [-0.1, -0.05) is 18.2 Å². The van der Waals surface area contributed by atoms with E-state index in [9.17, 15) is 18.4 Å². The van der Waals surface area contributed by atoms with Crippen molar-refractivity contribution in [3.05, 3.63) is 71.4 Å². The van der Waals surface area contributed by atoms with Gasteiger partial charge in [0.2, 0.25) is 5.91 Å². The van der Waals surface area contributed by atoms with Gasteiger partial charge >= 0.3 is 6.29 Å². The van der Waals surface area contributed by atoms with Gasteiger partial charge in [-0.15, -0.1) is 8.78 Å². The van der Waals surface area contributed by atoms with E-state index in [1.54, 1.807) is 36.3 Å². The first-order valence-corrected chi connectivity index (χ1v) is 11.7. The van der Waals surface area contributed by atoms with Crippen LogP contribution in [0.2, 0.25) is 0 Å². The number of aromatic nitrogens is 1. The summed E-state index contributed by atoms with van der Waals surface area (Å²) in [6, 6.07) is 13.5. The van der Waals surface area contributed by atoms with Crippen molar-refractivity contribution in [3.8, 4) is 22.6 Å². The summed E-state index contributed by atoms with van der Waals surface area (Å²) in [5.74, 6) is -0.131. The van der Waals surface area contributed by atoms with Crippen LogP contribution in [-0.4, -0.2) is 41.6 Å². The van der Waals surface area contributed by atoms with Crippen molar-refractivity contribution in [3.63, 3.8) is 0 Å². The van der Waals surface area contributed by atoms with Gasteiger partial charge in [0.15, 0.2) is 11.5 Å². The van der Waals surface area contributed by atoms with Crippen LogP contribution in [0.25, 0.3) is 11.1 Å². The summed E-state index contributed by atoms with van der Waals surface area (Å²) in [5, 5.41) is 2.88. The van der Waals surface area contributed by atoms with Gasteiger partial charge in [-0.05, 0) is 79.3 Å². The normalized spacial score (nSPS) is 16.4. The molecule has 36 heavy (non-hydrogen) atoms. The summed E-state index contributed by atoms with van der Waals surface area (Å²) in [7, 11) is 1.75. The highest BCUT2D eigenvalue weighted by Crippen LogP contribution is 2.52. The minimum atomic E-state index is -3.71. The molecule has 0 spiro atoms. The molecule has 1 saturated carbocycles. The molecule has 0 atom stereocenters. The molecule has 1 aliphatic carbocycles. The summed E-state index contributed by atoms with van der Waals surface area (Å²) in [5.41, 5.74) is 2.87. The van der Waals surface area contributed by atoms with E-state index in [0.29, 0.717) is 36.3 Å². The minimum absolute atomic E-state index is 0. The predicted molar refractivity (Wildman–Crippen MR) is 131 cm³/mol. The standard InChI is InChI=1S/C27H25F2N3O4.H2/c1-4-32(3)24(33)18-7-5-6-17(12-18)20-14-23(30-15-16(20)2)31-25(34)26(10-11-26)19-8-9-21-22(13-19)36-27(28,29)35-21;/h5-9,12-15H,4,10-11H2,1-3H3,(H,30,31,34);1H. The first-order valence-electron chi connectivity index (χ1n) is 11.7. The predicted octanol–water partition coefficient (Wildman–Crippen LogP) is 5.39. The fourth-order valence-corrected chi connectivity index (χ4v) is 4.34. The number of carbonyl (C=O) groups excluding carboxylic acids is 2. The maximum atomic E-state index is 13.4. The molecule has 3 aromatic rings. The number of fused-ring (bicyclic) bond motifs is 1. The number of rotatable bonds is 6. The Morgan fingerprint density at radius 1 is 1.11 bits per heavy atom. The molecule has 2 heterocycles. The Morgan fingerprint density at radius 3 is 2.58 bits per heavy atom. The molecule has 0 unspecified atom stereocenters. The number of hydrogen-bond donors (Lipinski definition) is 1. The highest BCUT2D eigenvalue weighted by Gasteiger charge is 2.53. The summed E-state index contributed by atoms with van der Waals surface area (Å²) in [6.07, 6.45) is -0.902. The molecular formula is C27H27F2N3O4. The molecule has 1 aliphatic heterocycles. The van der Waals surface area contributed by atoms with Crippen molar-refractivity contribution in [2.75, 3.05) is 18.9 Å². The topological polar surface area (TPSA) is 80.8 Å². The zero-order chi connectivity index (χ0) is 25.7. The number of anilines is 1. The van der Waals surface area contributed by atoms with E-state index < -0.39 is 11.7 Å². The molecule has 1 N–H and O–H groups in total.